The number of hydrogen-bond donors (Lipinski definition) is 1. The summed E-state index contributed by atoms with van der Waals surface area (Å²) >= 11 is 0. The molecule has 1 fully saturated rings. The highest BCUT2D eigenvalue weighted by Crippen LogP contribution is 2.25. The molecule has 0 saturated carbocycles. The Bertz CT molecular complexity index is 715. The lowest BCUT2D eigenvalue weighted by Gasteiger charge is -2.30. The van der Waals surface area contributed by atoms with Gasteiger partial charge in [0.25, 0.3) is 0 Å². The molecule has 2 heterocycles. The molecular formula is C18H20FN3O2. The van der Waals surface area contributed by atoms with E-state index in [9.17, 15) is 14.4 Å². The molecule has 1 saturated heterocycles. The number of hydrogen-bond acceptors (Lipinski definition) is 3. The van der Waals surface area contributed by atoms with Crippen molar-refractivity contribution in [1.82, 2.24) is 4.90 Å². The molecule has 3 rings (SSSR count). The van der Waals surface area contributed by atoms with Gasteiger partial charge in [0.1, 0.15) is 5.82 Å². The van der Waals surface area contributed by atoms with E-state index in [0.29, 0.717) is 5.69 Å². The first-order valence-corrected chi connectivity index (χ1v) is 8.07. The normalized spacial score (nSPS) is 16.0. The summed E-state index contributed by atoms with van der Waals surface area (Å²) in [5.74, 6) is -0.300. The van der Waals surface area contributed by atoms with Crippen molar-refractivity contribution >= 4 is 11.6 Å². The number of benzene rings is 1. The van der Waals surface area contributed by atoms with Crippen LogP contribution in [0.1, 0.15) is 24.5 Å². The van der Waals surface area contributed by atoms with Crippen LogP contribution >= 0.6 is 0 Å². The summed E-state index contributed by atoms with van der Waals surface area (Å²) in [5, 5.41) is 14.5. The number of likely N-dealkylation sites (tertiary alicyclic amines) is 1. The highest BCUT2D eigenvalue weighted by atomic mass is 19.1. The van der Waals surface area contributed by atoms with E-state index in [1.165, 1.54) is 18.3 Å². The van der Waals surface area contributed by atoms with E-state index in [1.807, 2.05) is 12.1 Å². The van der Waals surface area contributed by atoms with Gasteiger partial charge in [-0.25, -0.2) is 4.39 Å². The Morgan fingerprint density at radius 1 is 1.25 bits per heavy atom. The third-order valence-electron chi connectivity index (χ3n) is 4.34. The van der Waals surface area contributed by atoms with Crippen LogP contribution in [0.4, 0.5) is 10.1 Å². The van der Waals surface area contributed by atoms with Gasteiger partial charge >= 0.3 is 0 Å². The number of halogens is 1. The molecule has 1 aromatic carbocycles. The Morgan fingerprint density at radius 3 is 2.75 bits per heavy atom. The van der Waals surface area contributed by atoms with Crippen molar-refractivity contribution in [1.29, 1.82) is 0 Å². The van der Waals surface area contributed by atoms with E-state index in [0.717, 1.165) is 36.4 Å². The molecule has 0 unspecified atom stereocenters. The number of aromatic nitrogens is 1. The van der Waals surface area contributed by atoms with Gasteiger partial charge in [-0.05, 0) is 44.1 Å². The molecule has 5 nitrogen and oxygen atoms in total. The number of carbonyl (C=O) groups excluding carboxylic acids is 1. The fourth-order valence-corrected chi connectivity index (χ4v) is 3.11. The van der Waals surface area contributed by atoms with Gasteiger partial charge in [0, 0.05) is 23.7 Å². The summed E-state index contributed by atoms with van der Waals surface area (Å²) in [6.07, 6.45) is 3.22. The second-order valence-electron chi connectivity index (χ2n) is 6.06. The molecule has 2 aromatic rings. The van der Waals surface area contributed by atoms with Crippen molar-refractivity contribution in [3.05, 3.63) is 65.4 Å². The zero-order chi connectivity index (χ0) is 16.9. The van der Waals surface area contributed by atoms with E-state index >= 15 is 0 Å². The highest BCUT2D eigenvalue weighted by Gasteiger charge is 2.26. The van der Waals surface area contributed by atoms with Gasteiger partial charge in [0.05, 0.1) is 6.54 Å². The van der Waals surface area contributed by atoms with E-state index in [-0.39, 0.29) is 24.2 Å². The molecule has 1 N–H and O–H groups in total. The summed E-state index contributed by atoms with van der Waals surface area (Å²) in [6, 6.07) is 11.3. The molecule has 1 aromatic heterocycles. The molecule has 24 heavy (non-hydrogen) atoms. The van der Waals surface area contributed by atoms with Crippen LogP contribution in [0, 0.1) is 11.0 Å². The summed E-state index contributed by atoms with van der Waals surface area (Å²) in [4.78, 5) is 14.1. The molecule has 0 radical (unpaired) electrons. The predicted molar refractivity (Wildman–Crippen MR) is 88.8 cm³/mol. The summed E-state index contributed by atoms with van der Waals surface area (Å²) in [6.45, 7) is 1.79. The smallest absolute Gasteiger partial charge is 0.238 e. The molecule has 0 aliphatic carbocycles. The lowest BCUT2D eigenvalue weighted by atomic mass is 9.93. The zero-order valence-corrected chi connectivity index (χ0v) is 13.3. The van der Waals surface area contributed by atoms with Crippen LogP contribution in [0.15, 0.2) is 48.7 Å². The van der Waals surface area contributed by atoms with Crippen LogP contribution in [0.25, 0.3) is 0 Å². The molecular weight excluding hydrogens is 309 g/mol. The molecule has 6 heteroatoms. The average Bonchev–Trinajstić information content (AvgIpc) is 2.56. The van der Waals surface area contributed by atoms with E-state index < -0.39 is 0 Å². The number of nitrogens with one attached hydrogen (secondary N) is 1. The number of rotatable bonds is 4. The van der Waals surface area contributed by atoms with Gasteiger partial charge in [0.15, 0.2) is 11.9 Å². The standard InChI is InChI=1S/C18H20FN3O2/c19-15-4-3-5-16(12-15)20-18(23)13-21-10-7-14(8-11-21)17-6-1-2-9-22(17)24/h1-6,9,12,14H,7-8,10-11,13H2,(H,20,23). The molecule has 0 bridgehead atoms. The van der Waals surface area contributed by atoms with Crippen LogP contribution in [-0.4, -0.2) is 30.4 Å². The number of amides is 1. The predicted octanol–water partition coefficient (Wildman–Crippen LogP) is 2.28. The first-order chi connectivity index (χ1) is 11.6. The minimum atomic E-state index is -0.373. The minimum absolute atomic E-state index is 0.155. The second kappa shape index (κ2) is 7.40. The van der Waals surface area contributed by atoms with Crippen LogP contribution in [0.3, 0.4) is 0 Å². The second-order valence-corrected chi connectivity index (χ2v) is 6.06. The fraction of sp³-hybridized carbons (Fsp3) is 0.333. The molecule has 1 aliphatic heterocycles. The van der Waals surface area contributed by atoms with Gasteiger partial charge in [0.2, 0.25) is 5.91 Å². The maximum Gasteiger partial charge on any atom is 0.238 e. The van der Waals surface area contributed by atoms with Gasteiger partial charge in [-0.2, -0.15) is 4.73 Å². The third-order valence-corrected chi connectivity index (χ3v) is 4.34. The van der Waals surface area contributed by atoms with Crippen molar-refractivity contribution in [2.24, 2.45) is 0 Å². The number of piperidine rings is 1. The first kappa shape index (κ1) is 16.4. The van der Waals surface area contributed by atoms with Crippen molar-refractivity contribution in [3.63, 3.8) is 0 Å². The van der Waals surface area contributed by atoms with E-state index in [1.54, 1.807) is 18.2 Å². The maximum absolute atomic E-state index is 13.1. The number of pyridine rings is 1. The van der Waals surface area contributed by atoms with Crippen molar-refractivity contribution in [2.75, 3.05) is 25.0 Å². The Balaban J connectivity index is 1.50. The molecule has 126 valence electrons. The van der Waals surface area contributed by atoms with Crippen molar-refractivity contribution in [2.45, 2.75) is 18.8 Å². The van der Waals surface area contributed by atoms with Gasteiger partial charge in [-0.1, -0.05) is 12.1 Å². The Hall–Kier alpha value is -2.47. The largest absolute Gasteiger partial charge is 0.618 e. The zero-order valence-electron chi connectivity index (χ0n) is 13.3. The van der Waals surface area contributed by atoms with E-state index in [4.69, 9.17) is 0 Å². The molecule has 1 aliphatic rings. The van der Waals surface area contributed by atoms with Crippen LogP contribution < -0.4 is 10.0 Å². The monoisotopic (exact) mass is 329 g/mol. The van der Waals surface area contributed by atoms with E-state index in [2.05, 4.69) is 10.2 Å². The minimum Gasteiger partial charge on any atom is -0.618 e. The van der Waals surface area contributed by atoms with Crippen LogP contribution in [-0.2, 0) is 4.79 Å². The fourth-order valence-electron chi connectivity index (χ4n) is 3.11. The van der Waals surface area contributed by atoms with Crippen molar-refractivity contribution in [3.8, 4) is 0 Å². The van der Waals surface area contributed by atoms with Crippen molar-refractivity contribution < 1.29 is 13.9 Å². The maximum atomic E-state index is 13.1. The number of carbonyl (C=O) groups is 1. The highest BCUT2D eigenvalue weighted by molar-refractivity contribution is 5.92. The lowest BCUT2D eigenvalue weighted by molar-refractivity contribution is -0.616. The molecule has 0 spiro atoms. The first-order valence-electron chi connectivity index (χ1n) is 8.07. The quantitative estimate of drug-likeness (QED) is 0.691. The van der Waals surface area contributed by atoms with Gasteiger partial charge in [-0.15, -0.1) is 0 Å². The molecule has 1 amide bonds. The Morgan fingerprint density at radius 2 is 2.04 bits per heavy atom. The van der Waals surface area contributed by atoms with Crippen LogP contribution in [0.2, 0.25) is 0 Å². The third kappa shape index (κ3) is 4.08. The topological polar surface area (TPSA) is 59.3 Å². The van der Waals surface area contributed by atoms with Crippen LogP contribution in [0.5, 0.6) is 0 Å². The summed E-state index contributed by atoms with van der Waals surface area (Å²) in [5.41, 5.74) is 1.26. The van der Waals surface area contributed by atoms with Gasteiger partial charge in [-0.3, -0.25) is 9.69 Å². The van der Waals surface area contributed by atoms with Gasteiger partial charge < -0.3 is 10.5 Å². The Kier molecular flexibility index (Phi) is 5.05. The summed E-state index contributed by atoms with van der Waals surface area (Å²) < 4.78 is 14.1. The number of anilines is 1. The number of nitrogens with zero attached hydrogens (tertiary/aromatic N) is 2. The average molecular weight is 329 g/mol. The molecule has 0 atom stereocenters. The SMILES string of the molecule is O=C(CN1CCC(c2cccc[n+]2[O-])CC1)Nc1cccc(F)c1. The Labute approximate surface area is 140 Å². The summed E-state index contributed by atoms with van der Waals surface area (Å²) in [7, 11) is 0. The lowest BCUT2D eigenvalue weighted by Crippen LogP contribution is -2.41.